The molecule has 0 radical (unpaired) electrons. The molecule has 0 saturated heterocycles. The standard InChI is InChI=1S/C13H17N3O4S/c1-8-9(2)20-13(16-8)7-15-21(17,18)12-5-4-10(19-3)6-11(12)14/h4-6,15H,7,14H2,1-3H3. The second-order valence-electron chi connectivity index (χ2n) is 4.48. The van der Waals surface area contributed by atoms with Crippen molar-refractivity contribution < 1.29 is 17.6 Å². The fraction of sp³-hybridized carbons (Fsp3) is 0.308. The lowest BCUT2D eigenvalue weighted by molar-refractivity contribution is 0.414. The molecule has 3 N–H and O–H groups in total. The first-order valence-electron chi connectivity index (χ1n) is 6.19. The minimum atomic E-state index is -3.75. The van der Waals surface area contributed by atoms with Crippen LogP contribution in [0, 0.1) is 13.8 Å². The summed E-state index contributed by atoms with van der Waals surface area (Å²) in [5, 5.41) is 0. The van der Waals surface area contributed by atoms with Gasteiger partial charge >= 0.3 is 0 Å². The minimum absolute atomic E-state index is 0.0108. The summed E-state index contributed by atoms with van der Waals surface area (Å²) in [5.41, 5.74) is 6.58. The number of aryl methyl sites for hydroxylation is 2. The van der Waals surface area contributed by atoms with Crippen molar-refractivity contribution >= 4 is 15.7 Å². The molecule has 7 nitrogen and oxygen atoms in total. The van der Waals surface area contributed by atoms with Gasteiger partial charge in [0.1, 0.15) is 16.4 Å². The van der Waals surface area contributed by atoms with E-state index in [2.05, 4.69) is 9.71 Å². The zero-order chi connectivity index (χ0) is 15.6. The average Bonchev–Trinajstić information content (AvgIpc) is 2.75. The number of nitrogens with one attached hydrogen (secondary N) is 1. The van der Waals surface area contributed by atoms with E-state index < -0.39 is 10.0 Å². The van der Waals surface area contributed by atoms with Gasteiger partial charge in [0.25, 0.3) is 0 Å². The number of oxazole rings is 1. The van der Waals surface area contributed by atoms with Gasteiger partial charge in [-0.2, -0.15) is 0 Å². The van der Waals surface area contributed by atoms with Gasteiger partial charge in [-0.1, -0.05) is 0 Å². The largest absolute Gasteiger partial charge is 0.497 e. The topological polar surface area (TPSA) is 107 Å². The normalized spacial score (nSPS) is 11.6. The van der Waals surface area contributed by atoms with Crippen molar-refractivity contribution in [3.8, 4) is 5.75 Å². The van der Waals surface area contributed by atoms with E-state index in [0.717, 1.165) is 5.69 Å². The summed E-state index contributed by atoms with van der Waals surface area (Å²) in [5.74, 6) is 1.46. The monoisotopic (exact) mass is 311 g/mol. The molecule has 1 aromatic heterocycles. The van der Waals surface area contributed by atoms with E-state index in [9.17, 15) is 8.42 Å². The highest BCUT2D eigenvalue weighted by Crippen LogP contribution is 2.23. The maximum Gasteiger partial charge on any atom is 0.243 e. The number of sulfonamides is 1. The fourth-order valence-electron chi connectivity index (χ4n) is 1.75. The Morgan fingerprint density at radius 2 is 2.10 bits per heavy atom. The number of rotatable bonds is 5. The Kier molecular flexibility index (Phi) is 4.19. The molecule has 0 bridgehead atoms. The summed E-state index contributed by atoms with van der Waals surface area (Å²) >= 11 is 0. The first-order valence-corrected chi connectivity index (χ1v) is 7.68. The zero-order valence-electron chi connectivity index (χ0n) is 12.0. The molecule has 0 amide bonds. The van der Waals surface area contributed by atoms with Crippen LogP contribution in [0.15, 0.2) is 27.5 Å². The zero-order valence-corrected chi connectivity index (χ0v) is 12.8. The molecule has 114 valence electrons. The molecule has 0 unspecified atom stereocenters. The van der Waals surface area contributed by atoms with Gasteiger partial charge in [-0.25, -0.2) is 18.1 Å². The van der Waals surface area contributed by atoms with E-state index in [0.29, 0.717) is 17.4 Å². The van der Waals surface area contributed by atoms with E-state index in [1.54, 1.807) is 13.8 Å². The summed E-state index contributed by atoms with van der Waals surface area (Å²) < 4.78 is 37.1. The molecule has 0 spiro atoms. The van der Waals surface area contributed by atoms with Crippen molar-refractivity contribution in [3.63, 3.8) is 0 Å². The molecule has 0 aliphatic carbocycles. The molecule has 2 rings (SSSR count). The number of aromatic nitrogens is 1. The van der Waals surface area contributed by atoms with Gasteiger partial charge in [0.15, 0.2) is 0 Å². The van der Waals surface area contributed by atoms with Crippen LogP contribution in [0.5, 0.6) is 5.75 Å². The predicted molar refractivity (Wildman–Crippen MR) is 77.4 cm³/mol. The smallest absolute Gasteiger partial charge is 0.243 e. The Hall–Kier alpha value is -2.06. The van der Waals surface area contributed by atoms with Gasteiger partial charge < -0.3 is 14.9 Å². The van der Waals surface area contributed by atoms with Crippen molar-refractivity contribution in [1.82, 2.24) is 9.71 Å². The molecule has 8 heteroatoms. The number of anilines is 1. The number of benzene rings is 1. The number of nitrogen functional groups attached to an aromatic ring is 1. The summed E-state index contributed by atoms with van der Waals surface area (Å²) in [6.45, 7) is 3.52. The second kappa shape index (κ2) is 5.74. The van der Waals surface area contributed by atoms with Crippen LogP contribution < -0.4 is 15.2 Å². The Labute approximate surface area is 123 Å². The van der Waals surface area contributed by atoms with Crippen molar-refractivity contribution in [2.45, 2.75) is 25.3 Å². The molecule has 2 aromatic rings. The molecular formula is C13H17N3O4S. The van der Waals surface area contributed by atoms with E-state index in [4.69, 9.17) is 14.9 Å². The second-order valence-corrected chi connectivity index (χ2v) is 6.21. The lowest BCUT2D eigenvalue weighted by Gasteiger charge is -2.09. The third-order valence-corrected chi connectivity index (χ3v) is 4.47. The third-order valence-electron chi connectivity index (χ3n) is 2.99. The molecule has 1 heterocycles. The van der Waals surface area contributed by atoms with E-state index in [-0.39, 0.29) is 17.1 Å². The van der Waals surface area contributed by atoms with E-state index in [1.807, 2.05) is 0 Å². The lowest BCUT2D eigenvalue weighted by Crippen LogP contribution is -2.24. The van der Waals surface area contributed by atoms with Crippen LogP contribution in [-0.2, 0) is 16.6 Å². The number of nitrogens with zero attached hydrogens (tertiary/aromatic N) is 1. The van der Waals surface area contributed by atoms with E-state index >= 15 is 0 Å². The van der Waals surface area contributed by atoms with Crippen LogP contribution in [-0.4, -0.2) is 20.5 Å². The number of hydrogen-bond donors (Lipinski definition) is 2. The summed E-state index contributed by atoms with van der Waals surface area (Å²) in [6, 6.07) is 4.38. The highest BCUT2D eigenvalue weighted by atomic mass is 32.2. The lowest BCUT2D eigenvalue weighted by atomic mass is 10.3. The van der Waals surface area contributed by atoms with Gasteiger partial charge in [0.2, 0.25) is 15.9 Å². The first kappa shape index (κ1) is 15.3. The Balaban J connectivity index is 2.18. The van der Waals surface area contributed by atoms with Crippen molar-refractivity contribution in [1.29, 1.82) is 0 Å². The first-order chi connectivity index (χ1) is 9.83. The summed E-state index contributed by atoms with van der Waals surface area (Å²) in [6.07, 6.45) is 0. The highest BCUT2D eigenvalue weighted by Gasteiger charge is 2.19. The predicted octanol–water partition coefficient (Wildman–Crippen LogP) is 1.36. The number of hydrogen-bond acceptors (Lipinski definition) is 6. The minimum Gasteiger partial charge on any atom is -0.497 e. The van der Waals surface area contributed by atoms with Crippen LogP contribution >= 0.6 is 0 Å². The molecule has 0 aliphatic rings. The molecule has 0 atom stereocenters. The maximum absolute atomic E-state index is 12.2. The number of methoxy groups -OCH3 is 1. The van der Waals surface area contributed by atoms with Gasteiger partial charge in [0.05, 0.1) is 25.0 Å². The molecule has 0 aliphatic heterocycles. The quantitative estimate of drug-likeness (QED) is 0.807. The van der Waals surface area contributed by atoms with Crippen molar-refractivity contribution in [2.24, 2.45) is 0 Å². The highest BCUT2D eigenvalue weighted by molar-refractivity contribution is 7.89. The number of ether oxygens (including phenoxy) is 1. The fourth-order valence-corrected chi connectivity index (χ4v) is 2.83. The third kappa shape index (κ3) is 3.34. The van der Waals surface area contributed by atoms with Crippen LogP contribution in [0.1, 0.15) is 17.3 Å². The molecule has 0 fully saturated rings. The Bertz CT molecular complexity index is 733. The molecule has 1 aromatic carbocycles. The summed E-state index contributed by atoms with van der Waals surface area (Å²) in [4.78, 5) is 4.10. The maximum atomic E-state index is 12.2. The van der Waals surface area contributed by atoms with Crippen LogP contribution in [0.4, 0.5) is 5.69 Å². The van der Waals surface area contributed by atoms with E-state index in [1.165, 1.54) is 25.3 Å². The SMILES string of the molecule is COc1ccc(S(=O)(=O)NCc2nc(C)c(C)o2)c(N)c1. The number of nitrogens with two attached hydrogens (primary N) is 1. The summed E-state index contributed by atoms with van der Waals surface area (Å²) in [7, 11) is -2.27. The molecule has 21 heavy (non-hydrogen) atoms. The Morgan fingerprint density at radius 1 is 1.38 bits per heavy atom. The van der Waals surface area contributed by atoms with Gasteiger partial charge in [0, 0.05) is 6.07 Å². The van der Waals surface area contributed by atoms with Crippen LogP contribution in [0.25, 0.3) is 0 Å². The van der Waals surface area contributed by atoms with Gasteiger partial charge in [-0.15, -0.1) is 0 Å². The molecular weight excluding hydrogens is 294 g/mol. The van der Waals surface area contributed by atoms with Crippen LogP contribution in [0.2, 0.25) is 0 Å². The van der Waals surface area contributed by atoms with Gasteiger partial charge in [-0.05, 0) is 26.0 Å². The average molecular weight is 311 g/mol. The van der Waals surface area contributed by atoms with Crippen molar-refractivity contribution in [2.75, 3.05) is 12.8 Å². The Morgan fingerprint density at radius 3 is 2.62 bits per heavy atom. The van der Waals surface area contributed by atoms with Crippen LogP contribution in [0.3, 0.4) is 0 Å². The van der Waals surface area contributed by atoms with Crippen molar-refractivity contribution in [3.05, 3.63) is 35.5 Å². The van der Waals surface area contributed by atoms with Gasteiger partial charge in [-0.3, -0.25) is 0 Å². The molecule has 0 saturated carbocycles.